The predicted molar refractivity (Wildman–Crippen MR) is 91.0 cm³/mol. The van der Waals surface area contributed by atoms with E-state index < -0.39 is 5.91 Å². The molecule has 1 aromatic heterocycles. The van der Waals surface area contributed by atoms with Gasteiger partial charge in [-0.25, -0.2) is 4.39 Å². The lowest BCUT2D eigenvalue weighted by Crippen LogP contribution is -2.13. The molecule has 0 radical (unpaired) electrons. The van der Waals surface area contributed by atoms with Crippen LogP contribution < -0.4 is 5.32 Å². The minimum atomic E-state index is -0.447. The zero-order valence-electron chi connectivity index (χ0n) is 12.4. The Labute approximate surface area is 147 Å². The molecule has 1 heterocycles. The highest BCUT2D eigenvalue weighted by Gasteiger charge is 2.22. The summed E-state index contributed by atoms with van der Waals surface area (Å²) in [6.45, 7) is 1.62. The summed E-state index contributed by atoms with van der Waals surface area (Å²) < 4.78 is 18.2. The van der Waals surface area contributed by atoms with E-state index in [0.29, 0.717) is 27.7 Å². The molecule has 2 aromatic carbocycles. The van der Waals surface area contributed by atoms with Crippen LogP contribution in [0.15, 0.2) is 47.0 Å². The van der Waals surface area contributed by atoms with E-state index in [0.717, 1.165) is 0 Å². The second-order valence-electron chi connectivity index (χ2n) is 5.02. The highest BCUT2D eigenvalue weighted by Crippen LogP contribution is 2.31. The zero-order valence-corrected chi connectivity index (χ0v) is 14.0. The maximum absolute atomic E-state index is 13.1. The molecule has 4 nitrogen and oxygen atoms in total. The third-order valence-corrected chi connectivity index (χ3v) is 4.23. The summed E-state index contributed by atoms with van der Waals surface area (Å²) in [6.07, 6.45) is 0. The van der Waals surface area contributed by atoms with E-state index in [2.05, 4.69) is 10.5 Å². The minimum Gasteiger partial charge on any atom is -0.360 e. The van der Waals surface area contributed by atoms with Crippen LogP contribution in [-0.4, -0.2) is 11.1 Å². The molecule has 0 fully saturated rings. The van der Waals surface area contributed by atoms with Crippen LogP contribution in [0.3, 0.4) is 0 Å². The molecule has 0 spiro atoms. The normalized spacial score (nSPS) is 10.7. The average Bonchev–Trinajstić information content (AvgIpc) is 2.94. The van der Waals surface area contributed by atoms with Crippen molar-refractivity contribution in [3.8, 4) is 11.3 Å². The van der Waals surface area contributed by atoms with Crippen molar-refractivity contribution >= 4 is 34.8 Å². The van der Waals surface area contributed by atoms with E-state index in [-0.39, 0.29) is 16.4 Å². The molecule has 1 N–H and O–H groups in total. The molecule has 1 amide bonds. The second-order valence-corrected chi connectivity index (χ2v) is 5.81. The quantitative estimate of drug-likeness (QED) is 0.681. The first kappa shape index (κ1) is 16.5. The number of hydrogen-bond acceptors (Lipinski definition) is 3. The van der Waals surface area contributed by atoms with Crippen molar-refractivity contribution < 1.29 is 13.7 Å². The third kappa shape index (κ3) is 3.13. The molecule has 0 atom stereocenters. The van der Waals surface area contributed by atoms with Gasteiger partial charge in [-0.2, -0.15) is 0 Å². The van der Waals surface area contributed by atoms with Crippen LogP contribution in [0.5, 0.6) is 0 Å². The molecular formula is C17H11Cl2FN2O2. The first-order chi connectivity index (χ1) is 11.5. The predicted octanol–water partition coefficient (Wildman–Crippen LogP) is 5.35. The SMILES string of the molecule is Cc1onc(-c2ccc(F)cc2)c1C(=O)Nc1cccc(Cl)c1Cl. The van der Waals surface area contributed by atoms with Crippen molar-refractivity contribution in [1.29, 1.82) is 0 Å². The van der Waals surface area contributed by atoms with E-state index in [1.165, 1.54) is 24.3 Å². The largest absolute Gasteiger partial charge is 0.360 e. The Kier molecular flexibility index (Phi) is 4.55. The summed E-state index contributed by atoms with van der Waals surface area (Å²) in [7, 11) is 0. The molecule has 0 unspecified atom stereocenters. The van der Waals surface area contributed by atoms with Gasteiger partial charge in [0.1, 0.15) is 22.8 Å². The van der Waals surface area contributed by atoms with Gasteiger partial charge in [-0.05, 0) is 43.3 Å². The first-order valence-electron chi connectivity index (χ1n) is 6.95. The van der Waals surface area contributed by atoms with Crippen LogP contribution in [0, 0.1) is 12.7 Å². The van der Waals surface area contributed by atoms with Crippen molar-refractivity contribution in [3.63, 3.8) is 0 Å². The van der Waals surface area contributed by atoms with Crippen molar-refractivity contribution in [2.24, 2.45) is 0 Å². The number of carbonyl (C=O) groups is 1. The molecule has 0 bridgehead atoms. The highest BCUT2D eigenvalue weighted by atomic mass is 35.5. The average molecular weight is 365 g/mol. The first-order valence-corrected chi connectivity index (χ1v) is 7.70. The van der Waals surface area contributed by atoms with Crippen LogP contribution in [0.2, 0.25) is 10.0 Å². The van der Waals surface area contributed by atoms with Crippen molar-refractivity contribution in [3.05, 3.63) is 69.7 Å². The highest BCUT2D eigenvalue weighted by molar-refractivity contribution is 6.44. The summed E-state index contributed by atoms with van der Waals surface area (Å²) in [5.41, 5.74) is 1.51. The van der Waals surface area contributed by atoms with Gasteiger partial charge in [0.25, 0.3) is 5.91 Å². The van der Waals surface area contributed by atoms with Gasteiger partial charge in [-0.1, -0.05) is 34.4 Å². The Balaban J connectivity index is 1.97. The Morgan fingerprint density at radius 3 is 2.58 bits per heavy atom. The van der Waals surface area contributed by atoms with Crippen LogP contribution in [0.1, 0.15) is 16.1 Å². The topological polar surface area (TPSA) is 55.1 Å². The summed E-state index contributed by atoms with van der Waals surface area (Å²) in [5.74, 6) is -0.488. The van der Waals surface area contributed by atoms with Gasteiger partial charge in [0.2, 0.25) is 0 Å². The number of aryl methyl sites for hydroxylation is 1. The summed E-state index contributed by atoms with van der Waals surface area (Å²) in [4.78, 5) is 12.6. The molecule has 24 heavy (non-hydrogen) atoms. The molecule has 0 aliphatic carbocycles. The van der Waals surface area contributed by atoms with E-state index in [1.54, 1.807) is 25.1 Å². The van der Waals surface area contributed by atoms with Gasteiger partial charge in [-0.3, -0.25) is 4.79 Å². The van der Waals surface area contributed by atoms with Crippen LogP contribution in [0.25, 0.3) is 11.3 Å². The zero-order chi connectivity index (χ0) is 17.3. The Bertz CT molecular complexity index is 907. The van der Waals surface area contributed by atoms with Crippen LogP contribution in [0.4, 0.5) is 10.1 Å². The maximum atomic E-state index is 13.1. The van der Waals surface area contributed by atoms with Gasteiger partial charge in [0, 0.05) is 5.56 Å². The number of rotatable bonds is 3. The van der Waals surface area contributed by atoms with E-state index in [9.17, 15) is 9.18 Å². The molecule has 0 aliphatic rings. The van der Waals surface area contributed by atoms with E-state index in [1.807, 2.05) is 0 Å². The van der Waals surface area contributed by atoms with Gasteiger partial charge in [0.15, 0.2) is 0 Å². The number of hydrogen-bond donors (Lipinski definition) is 1. The van der Waals surface area contributed by atoms with E-state index >= 15 is 0 Å². The van der Waals surface area contributed by atoms with Gasteiger partial charge >= 0.3 is 0 Å². The lowest BCUT2D eigenvalue weighted by Gasteiger charge is -2.08. The number of nitrogens with zero attached hydrogens (tertiary/aromatic N) is 1. The monoisotopic (exact) mass is 364 g/mol. The summed E-state index contributed by atoms with van der Waals surface area (Å²) in [5, 5.41) is 7.16. The number of halogens is 3. The number of benzene rings is 2. The smallest absolute Gasteiger partial charge is 0.261 e. The van der Waals surface area contributed by atoms with Crippen molar-refractivity contribution in [1.82, 2.24) is 5.16 Å². The van der Waals surface area contributed by atoms with E-state index in [4.69, 9.17) is 27.7 Å². The lowest BCUT2D eigenvalue weighted by molar-refractivity contribution is 0.102. The third-order valence-electron chi connectivity index (χ3n) is 3.41. The Hall–Kier alpha value is -2.37. The fourth-order valence-corrected chi connectivity index (χ4v) is 2.58. The van der Waals surface area contributed by atoms with Crippen LogP contribution >= 0.6 is 23.2 Å². The standard InChI is InChI=1S/C17H11Cl2FN2O2/c1-9-14(16(22-24-9)10-5-7-11(20)8-6-10)17(23)21-13-4-2-3-12(18)15(13)19/h2-8H,1H3,(H,21,23). The van der Waals surface area contributed by atoms with Crippen molar-refractivity contribution in [2.75, 3.05) is 5.32 Å². The minimum absolute atomic E-state index is 0.241. The summed E-state index contributed by atoms with van der Waals surface area (Å²) >= 11 is 12.0. The molecule has 3 rings (SSSR count). The fourth-order valence-electron chi connectivity index (χ4n) is 2.23. The van der Waals surface area contributed by atoms with Crippen molar-refractivity contribution in [2.45, 2.75) is 6.92 Å². The molecule has 7 heteroatoms. The molecule has 3 aromatic rings. The molecule has 122 valence electrons. The van der Waals surface area contributed by atoms with Gasteiger partial charge in [-0.15, -0.1) is 0 Å². The van der Waals surface area contributed by atoms with Crippen LogP contribution in [-0.2, 0) is 0 Å². The molecule has 0 saturated carbocycles. The number of anilines is 1. The lowest BCUT2D eigenvalue weighted by atomic mass is 10.1. The maximum Gasteiger partial charge on any atom is 0.261 e. The summed E-state index contributed by atoms with van der Waals surface area (Å²) in [6, 6.07) is 10.5. The number of carbonyl (C=O) groups excluding carboxylic acids is 1. The number of aromatic nitrogens is 1. The molecule has 0 saturated heterocycles. The Morgan fingerprint density at radius 1 is 1.17 bits per heavy atom. The number of nitrogens with one attached hydrogen (secondary N) is 1. The molecular weight excluding hydrogens is 354 g/mol. The number of amides is 1. The molecule has 0 aliphatic heterocycles. The van der Waals surface area contributed by atoms with Gasteiger partial charge in [0.05, 0.1) is 15.7 Å². The fraction of sp³-hybridized carbons (Fsp3) is 0.0588. The Morgan fingerprint density at radius 2 is 1.88 bits per heavy atom. The second kappa shape index (κ2) is 6.63. The van der Waals surface area contributed by atoms with Gasteiger partial charge < -0.3 is 9.84 Å².